The summed E-state index contributed by atoms with van der Waals surface area (Å²) in [4.78, 5) is 27.4. The van der Waals surface area contributed by atoms with E-state index in [1.54, 1.807) is 13.8 Å². The van der Waals surface area contributed by atoms with Gasteiger partial charge >= 0.3 is 0 Å². The lowest BCUT2D eigenvalue weighted by Crippen LogP contribution is -2.52. The topological polar surface area (TPSA) is 86.8 Å². The maximum absolute atomic E-state index is 13.5. The van der Waals surface area contributed by atoms with Gasteiger partial charge in [0.2, 0.25) is 21.8 Å². The molecular formula is C22H25Cl3FN3O4S. The molecule has 1 atom stereocenters. The average molecular weight is 553 g/mol. The summed E-state index contributed by atoms with van der Waals surface area (Å²) in [6.45, 7) is 3.14. The third-order valence-electron chi connectivity index (χ3n) is 4.94. The first kappa shape index (κ1) is 28.2. The molecule has 0 aliphatic rings. The van der Waals surface area contributed by atoms with Gasteiger partial charge < -0.3 is 10.2 Å². The van der Waals surface area contributed by atoms with E-state index in [1.807, 2.05) is 0 Å². The number of hydrogen-bond acceptors (Lipinski definition) is 4. The molecule has 2 rings (SSSR count). The van der Waals surface area contributed by atoms with Crippen molar-refractivity contribution in [2.24, 2.45) is 0 Å². The van der Waals surface area contributed by atoms with E-state index >= 15 is 0 Å². The van der Waals surface area contributed by atoms with Gasteiger partial charge in [-0.2, -0.15) is 0 Å². The summed E-state index contributed by atoms with van der Waals surface area (Å²) in [6.07, 6.45) is 1.19. The van der Waals surface area contributed by atoms with Crippen LogP contribution in [0.1, 0.15) is 25.8 Å². The predicted octanol–water partition coefficient (Wildman–Crippen LogP) is 4.50. The Balaban J connectivity index is 2.49. The number of nitrogens with one attached hydrogen (secondary N) is 1. The Morgan fingerprint density at radius 1 is 1.03 bits per heavy atom. The van der Waals surface area contributed by atoms with Crippen molar-refractivity contribution in [3.8, 4) is 0 Å². The van der Waals surface area contributed by atoms with E-state index in [0.717, 1.165) is 10.6 Å². The minimum absolute atomic E-state index is 0.0199. The van der Waals surface area contributed by atoms with Gasteiger partial charge in [-0.25, -0.2) is 12.8 Å². The van der Waals surface area contributed by atoms with Crippen molar-refractivity contribution < 1.29 is 22.4 Å². The fourth-order valence-corrected chi connectivity index (χ4v) is 4.84. The normalized spacial score (nSPS) is 12.2. The summed E-state index contributed by atoms with van der Waals surface area (Å²) < 4.78 is 39.4. The number of carbonyl (C=O) groups excluding carboxylic acids is 2. The molecule has 0 aromatic heterocycles. The smallest absolute Gasteiger partial charge is 0.244 e. The molecule has 12 heteroatoms. The van der Waals surface area contributed by atoms with Crippen LogP contribution in [0.5, 0.6) is 0 Å². The van der Waals surface area contributed by atoms with Crippen LogP contribution in [0, 0.1) is 5.82 Å². The monoisotopic (exact) mass is 551 g/mol. The predicted molar refractivity (Wildman–Crippen MR) is 133 cm³/mol. The Morgan fingerprint density at radius 2 is 1.62 bits per heavy atom. The number of anilines is 1. The lowest BCUT2D eigenvalue weighted by molar-refractivity contribution is -0.140. The zero-order valence-electron chi connectivity index (χ0n) is 18.8. The number of carbonyl (C=O) groups is 2. The molecule has 0 spiro atoms. The molecular weight excluding hydrogens is 528 g/mol. The summed E-state index contributed by atoms with van der Waals surface area (Å²) in [5, 5.41) is 2.84. The fraction of sp³-hybridized carbons (Fsp3) is 0.364. The van der Waals surface area contributed by atoms with Crippen LogP contribution in [0.4, 0.5) is 10.1 Å². The summed E-state index contributed by atoms with van der Waals surface area (Å²) in [6, 6.07) is 7.11. The molecule has 0 unspecified atom stereocenters. The largest absolute Gasteiger partial charge is 0.355 e. The van der Waals surface area contributed by atoms with E-state index in [-0.39, 0.29) is 39.6 Å². The molecule has 0 saturated carbocycles. The summed E-state index contributed by atoms with van der Waals surface area (Å²) in [5.41, 5.74) is 0.538. The summed E-state index contributed by atoms with van der Waals surface area (Å²) in [5.74, 6) is -1.50. The van der Waals surface area contributed by atoms with E-state index in [4.69, 9.17) is 34.8 Å². The zero-order valence-corrected chi connectivity index (χ0v) is 21.9. The van der Waals surface area contributed by atoms with Crippen LogP contribution in [-0.2, 0) is 26.2 Å². The first-order valence-electron chi connectivity index (χ1n) is 10.3. The van der Waals surface area contributed by atoms with Crippen LogP contribution < -0.4 is 9.62 Å². The van der Waals surface area contributed by atoms with E-state index in [0.29, 0.717) is 12.1 Å². The number of nitrogens with zero attached hydrogens (tertiary/aromatic N) is 2. The number of likely N-dealkylation sites (N-methyl/N-ethyl adjacent to an activating group) is 1. The van der Waals surface area contributed by atoms with Gasteiger partial charge in [0.05, 0.1) is 27.0 Å². The zero-order chi connectivity index (χ0) is 25.6. The van der Waals surface area contributed by atoms with Gasteiger partial charge in [0.15, 0.2) is 0 Å². The number of sulfonamides is 1. The van der Waals surface area contributed by atoms with Crippen LogP contribution >= 0.6 is 34.8 Å². The van der Waals surface area contributed by atoms with Gasteiger partial charge in [-0.15, -0.1) is 0 Å². The van der Waals surface area contributed by atoms with Crippen molar-refractivity contribution in [3.05, 3.63) is 62.8 Å². The second kappa shape index (κ2) is 12.1. The molecule has 0 bridgehead atoms. The number of benzene rings is 2. The van der Waals surface area contributed by atoms with Crippen molar-refractivity contribution in [2.45, 2.75) is 32.9 Å². The molecule has 0 aliphatic carbocycles. The quantitative estimate of drug-likeness (QED) is 0.440. The fourth-order valence-electron chi connectivity index (χ4n) is 3.30. The minimum Gasteiger partial charge on any atom is -0.355 e. The molecule has 1 N–H and O–H groups in total. The Morgan fingerprint density at radius 3 is 2.15 bits per heavy atom. The van der Waals surface area contributed by atoms with Crippen LogP contribution in [0.2, 0.25) is 15.1 Å². The van der Waals surface area contributed by atoms with Crippen molar-refractivity contribution in [1.29, 1.82) is 0 Å². The Hall–Kier alpha value is -2.07. The van der Waals surface area contributed by atoms with Crippen LogP contribution in [0.15, 0.2) is 36.4 Å². The van der Waals surface area contributed by atoms with Crippen LogP contribution in [-0.4, -0.2) is 50.5 Å². The van der Waals surface area contributed by atoms with Gasteiger partial charge in [-0.1, -0.05) is 53.9 Å². The lowest BCUT2D eigenvalue weighted by Gasteiger charge is -2.33. The number of amides is 2. The van der Waals surface area contributed by atoms with E-state index in [1.165, 1.54) is 41.3 Å². The van der Waals surface area contributed by atoms with Gasteiger partial charge in [-0.3, -0.25) is 13.9 Å². The Kier molecular flexibility index (Phi) is 9.99. The Bertz CT molecular complexity index is 1150. The molecule has 0 fully saturated rings. The highest BCUT2D eigenvalue weighted by atomic mass is 35.5. The van der Waals surface area contributed by atoms with E-state index < -0.39 is 34.3 Å². The van der Waals surface area contributed by atoms with Gasteiger partial charge in [0, 0.05) is 13.1 Å². The van der Waals surface area contributed by atoms with Crippen molar-refractivity contribution in [1.82, 2.24) is 10.2 Å². The number of halogens is 4. The van der Waals surface area contributed by atoms with Crippen molar-refractivity contribution in [3.63, 3.8) is 0 Å². The molecule has 0 heterocycles. The molecule has 0 saturated heterocycles. The maximum Gasteiger partial charge on any atom is 0.244 e. The molecule has 34 heavy (non-hydrogen) atoms. The highest BCUT2D eigenvalue weighted by Crippen LogP contribution is 2.35. The summed E-state index contributed by atoms with van der Waals surface area (Å²) in [7, 11) is -3.99. The number of hydrogen-bond donors (Lipinski definition) is 1. The highest BCUT2D eigenvalue weighted by molar-refractivity contribution is 7.92. The van der Waals surface area contributed by atoms with E-state index in [9.17, 15) is 22.4 Å². The molecule has 7 nitrogen and oxygen atoms in total. The second-order valence-corrected chi connectivity index (χ2v) is 10.6. The third kappa shape index (κ3) is 7.21. The molecule has 186 valence electrons. The number of rotatable bonds is 10. The maximum atomic E-state index is 13.5. The first-order valence-corrected chi connectivity index (χ1v) is 13.3. The first-order chi connectivity index (χ1) is 15.9. The highest BCUT2D eigenvalue weighted by Gasteiger charge is 2.32. The molecule has 2 aromatic rings. The van der Waals surface area contributed by atoms with Gasteiger partial charge in [-0.05, 0) is 43.2 Å². The molecule has 0 radical (unpaired) electrons. The van der Waals surface area contributed by atoms with Crippen molar-refractivity contribution >= 4 is 62.3 Å². The van der Waals surface area contributed by atoms with Gasteiger partial charge in [0.1, 0.15) is 18.4 Å². The molecule has 2 amide bonds. The Labute approximate surface area is 213 Å². The minimum atomic E-state index is -3.99. The van der Waals surface area contributed by atoms with Crippen molar-refractivity contribution in [2.75, 3.05) is 23.7 Å². The average Bonchev–Trinajstić information content (AvgIpc) is 2.75. The standard InChI is InChI=1S/C22H25Cl3FN3O4S/c1-4-19(22(31)27-5-2)28(12-14-6-8-15(26)9-7-14)21(30)13-29(34(3,32)33)20-11-17(24)16(23)10-18(20)25/h6-11,19H,4-5,12-13H2,1-3H3,(H,27,31)/t19-/m0/s1. The second-order valence-electron chi connectivity index (χ2n) is 7.45. The SMILES string of the molecule is CCNC(=O)[C@H](CC)N(Cc1ccc(F)cc1)C(=O)CN(c1cc(Cl)c(Cl)cc1Cl)S(C)(=O)=O. The lowest BCUT2D eigenvalue weighted by atomic mass is 10.1. The van der Waals surface area contributed by atoms with Gasteiger partial charge in [0.25, 0.3) is 0 Å². The summed E-state index contributed by atoms with van der Waals surface area (Å²) >= 11 is 18.2. The molecule has 2 aromatic carbocycles. The molecule has 0 aliphatic heterocycles. The van der Waals surface area contributed by atoms with E-state index in [2.05, 4.69) is 5.32 Å². The van der Waals surface area contributed by atoms with Crippen LogP contribution in [0.3, 0.4) is 0 Å². The third-order valence-corrected chi connectivity index (χ3v) is 7.09. The van der Waals surface area contributed by atoms with Crippen LogP contribution in [0.25, 0.3) is 0 Å².